The summed E-state index contributed by atoms with van der Waals surface area (Å²) in [7, 11) is -2.35. The molecule has 65 heavy (non-hydrogen) atoms. The number of nitrogens with one attached hydrogen (secondary N) is 2. The fourth-order valence-electron chi connectivity index (χ4n) is 10.3. The van der Waals surface area contributed by atoms with Crippen LogP contribution in [-0.2, 0) is 28.4 Å². The summed E-state index contributed by atoms with van der Waals surface area (Å²) in [4.78, 5) is 63.3. The van der Waals surface area contributed by atoms with Gasteiger partial charge in [0.2, 0.25) is 17.7 Å². The molecule has 1 aromatic heterocycles. The normalized spacial score (nSPS) is 25.9. The maximum absolute atomic E-state index is 16.7. The number of carbonyl (C=O) groups excluding carboxylic acids is 4. The number of likely N-dealkylation sites (tertiary alicyclic amines) is 1. The van der Waals surface area contributed by atoms with E-state index in [0.29, 0.717) is 66.8 Å². The first kappa shape index (κ1) is 45.5. The predicted octanol–water partition coefficient (Wildman–Crippen LogP) is 7.96. The Kier molecular flexibility index (Phi) is 13.2. The number of benzene rings is 3. The van der Waals surface area contributed by atoms with E-state index in [1.54, 1.807) is 42.5 Å². The molecule has 1 saturated carbocycles. The SMILES string of the molecule is CCCOC(=O)[C@H](C)N[P@](=O)(Oc1ccccc1)[C@@H](F)c1ccc2sc(C(=O)N[C@H]3CC[C@H](N(C)C4COC4)C[C@H]4CC[C@@H](C(=O)N5C[C@H](c6ccccc6)CC56CC6)N4C3=O)cc2c1. The van der Waals surface area contributed by atoms with Crippen molar-refractivity contribution in [3.63, 3.8) is 0 Å². The van der Waals surface area contributed by atoms with Crippen LogP contribution in [0.1, 0.15) is 104 Å². The smallest absolute Gasteiger partial charge is 0.355 e. The summed E-state index contributed by atoms with van der Waals surface area (Å²) in [5.74, 6) is -3.12. The molecule has 4 aliphatic heterocycles. The first-order chi connectivity index (χ1) is 31.4. The van der Waals surface area contributed by atoms with Gasteiger partial charge in [-0.1, -0.05) is 61.5 Å². The quantitative estimate of drug-likeness (QED) is 0.0890. The van der Waals surface area contributed by atoms with Crippen LogP contribution in [0, 0.1) is 0 Å². The summed E-state index contributed by atoms with van der Waals surface area (Å²) in [6.07, 6.45) is 6.57. The molecule has 2 N–H and O–H groups in total. The van der Waals surface area contributed by atoms with Gasteiger partial charge in [0.15, 0.2) is 0 Å². The molecule has 0 bridgehead atoms. The van der Waals surface area contributed by atoms with Crippen LogP contribution in [0.2, 0.25) is 0 Å². The van der Waals surface area contributed by atoms with Crippen molar-refractivity contribution < 1.29 is 42.1 Å². The lowest BCUT2D eigenvalue weighted by Crippen LogP contribution is -2.60. The Morgan fingerprint density at radius 2 is 1.72 bits per heavy atom. The second-order valence-electron chi connectivity index (χ2n) is 18.6. The summed E-state index contributed by atoms with van der Waals surface area (Å²) in [6.45, 7) is 5.40. The number of fused-ring (bicyclic) bond motifs is 2. The van der Waals surface area contributed by atoms with E-state index in [2.05, 4.69) is 39.4 Å². The van der Waals surface area contributed by atoms with Crippen molar-refractivity contribution in [1.82, 2.24) is 25.1 Å². The maximum atomic E-state index is 16.7. The zero-order chi connectivity index (χ0) is 45.5. The number of alkyl halides is 1. The molecule has 4 aromatic rings. The molecule has 0 unspecified atom stereocenters. The molecule has 1 spiro atoms. The topological polar surface area (TPSA) is 147 Å². The molecule has 5 heterocycles. The standard InChI is InChI=1S/C49H59FN5O8PS/c1-4-23-62-48(59)31(2)52-64(60,63-39-13-9-6-10-14-39)44(50)33-15-20-42-34(24-33)25-43(65-42)45(56)51-40-18-16-36(53(3)38-29-61-30-38)26-37-17-19-41(55(37)46(40)57)47(58)54-28-35(27-49(54)21-22-49)32-11-7-5-8-12-32/h5-15,20,24-25,31,35-38,40-41,44H,4,16-19,21-23,26-30H2,1-3H3,(H,51,56)(H,52,60)/t31-,35+,36-,37+,40-,41-,44+,64+/m0/s1. The van der Waals surface area contributed by atoms with Gasteiger partial charge in [-0.05, 0) is 119 Å². The van der Waals surface area contributed by atoms with Crippen LogP contribution < -0.4 is 14.9 Å². The van der Waals surface area contributed by atoms with Gasteiger partial charge in [0, 0.05) is 34.8 Å². The van der Waals surface area contributed by atoms with Gasteiger partial charge in [-0.2, -0.15) is 0 Å². The van der Waals surface area contributed by atoms with Gasteiger partial charge in [-0.25, -0.2) is 9.48 Å². The number of thiophene rings is 1. The molecule has 5 aliphatic rings. The number of amides is 3. The lowest BCUT2D eigenvalue weighted by molar-refractivity contribution is -0.149. The third-order valence-electron chi connectivity index (χ3n) is 14.2. The number of esters is 1. The van der Waals surface area contributed by atoms with Gasteiger partial charge in [0.1, 0.15) is 23.9 Å². The van der Waals surface area contributed by atoms with Crippen LogP contribution in [0.15, 0.2) is 84.9 Å². The number of halogens is 1. The third kappa shape index (κ3) is 9.36. The summed E-state index contributed by atoms with van der Waals surface area (Å²) in [6, 6.07) is 22.5. The summed E-state index contributed by atoms with van der Waals surface area (Å²) in [5, 5.41) is 6.23. The molecule has 3 aromatic carbocycles. The largest absolute Gasteiger partial charge is 0.465 e. The highest BCUT2D eigenvalue weighted by Gasteiger charge is 2.59. The van der Waals surface area contributed by atoms with Gasteiger partial charge in [0.25, 0.3) is 5.91 Å². The van der Waals surface area contributed by atoms with E-state index in [1.807, 2.05) is 30.0 Å². The zero-order valence-electron chi connectivity index (χ0n) is 37.2. The molecule has 0 radical (unpaired) electrons. The van der Waals surface area contributed by atoms with Gasteiger partial charge in [-0.3, -0.25) is 28.6 Å². The number of ether oxygens (including phenoxy) is 2. The molecule has 16 heteroatoms. The van der Waals surface area contributed by atoms with Crippen molar-refractivity contribution in [3.05, 3.63) is 101 Å². The van der Waals surface area contributed by atoms with E-state index in [-0.39, 0.29) is 59.3 Å². The Morgan fingerprint density at radius 1 is 0.985 bits per heavy atom. The first-order valence-electron chi connectivity index (χ1n) is 23.1. The fourth-order valence-corrected chi connectivity index (χ4v) is 13.2. The number of nitrogens with zero attached hydrogens (tertiary/aromatic N) is 3. The number of likely N-dealkylation sites (N-methyl/N-ethyl adjacent to an activating group) is 1. The van der Waals surface area contributed by atoms with Crippen molar-refractivity contribution >= 4 is 52.6 Å². The molecule has 1 aliphatic carbocycles. The number of hydrogen-bond donors (Lipinski definition) is 2. The van der Waals surface area contributed by atoms with E-state index >= 15 is 4.39 Å². The minimum atomic E-state index is -4.47. The predicted molar refractivity (Wildman–Crippen MR) is 247 cm³/mol. The molecule has 13 nitrogen and oxygen atoms in total. The maximum Gasteiger partial charge on any atom is 0.355 e. The van der Waals surface area contributed by atoms with E-state index in [1.165, 1.54) is 36.0 Å². The van der Waals surface area contributed by atoms with Crippen LogP contribution in [0.5, 0.6) is 5.75 Å². The Morgan fingerprint density at radius 3 is 2.42 bits per heavy atom. The minimum absolute atomic E-state index is 0.0194. The van der Waals surface area contributed by atoms with Gasteiger partial charge in [0.05, 0.1) is 30.7 Å². The Bertz CT molecular complexity index is 2430. The second-order valence-corrected chi connectivity index (χ2v) is 21.8. The molecular formula is C49H59FN5O8PS. The van der Waals surface area contributed by atoms with E-state index in [4.69, 9.17) is 14.0 Å². The molecule has 5 fully saturated rings. The first-order valence-corrected chi connectivity index (χ1v) is 25.6. The molecule has 8 atom stereocenters. The van der Waals surface area contributed by atoms with Crippen LogP contribution in [-0.4, -0.2) is 114 Å². The minimum Gasteiger partial charge on any atom is -0.465 e. The van der Waals surface area contributed by atoms with Crippen LogP contribution >= 0.6 is 18.9 Å². The summed E-state index contributed by atoms with van der Waals surface area (Å²) >= 11 is 1.20. The lowest BCUT2D eigenvalue weighted by Gasteiger charge is -2.44. The van der Waals surface area contributed by atoms with E-state index in [9.17, 15) is 23.7 Å². The van der Waals surface area contributed by atoms with Crippen molar-refractivity contribution in [3.8, 4) is 5.75 Å². The third-order valence-corrected chi connectivity index (χ3v) is 17.5. The van der Waals surface area contributed by atoms with Crippen molar-refractivity contribution in [2.45, 2.75) is 125 Å². The molecule has 9 rings (SSSR count). The number of hydrogen-bond acceptors (Lipinski definition) is 10. The van der Waals surface area contributed by atoms with Crippen molar-refractivity contribution in [1.29, 1.82) is 0 Å². The molecule has 346 valence electrons. The Labute approximate surface area is 383 Å². The van der Waals surface area contributed by atoms with E-state index < -0.39 is 43.4 Å². The molecule has 4 saturated heterocycles. The van der Waals surface area contributed by atoms with Gasteiger partial charge < -0.3 is 29.1 Å². The summed E-state index contributed by atoms with van der Waals surface area (Å²) in [5.41, 5.74) is 1.11. The monoisotopic (exact) mass is 927 g/mol. The number of rotatable bonds is 15. The van der Waals surface area contributed by atoms with Gasteiger partial charge >= 0.3 is 13.5 Å². The van der Waals surface area contributed by atoms with Crippen LogP contribution in [0.4, 0.5) is 4.39 Å². The van der Waals surface area contributed by atoms with Crippen molar-refractivity contribution in [2.75, 3.05) is 33.4 Å². The van der Waals surface area contributed by atoms with Crippen LogP contribution in [0.25, 0.3) is 10.1 Å². The second kappa shape index (κ2) is 18.9. The number of para-hydroxylation sites is 1. The molecule has 3 amide bonds. The number of carbonyl (C=O) groups is 4. The highest BCUT2D eigenvalue weighted by Crippen LogP contribution is 2.58. The Hall–Kier alpha value is -4.66. The lowest BCUT2D eigenvalue weighted by atomic mass is 9.92. The van der Waals surface area contributed by atoms with E-state index in [0.717, 1.165) is 25.7 Å². The zero-order valence-corrected chi connectivity index (χ0v) is 38.9. The van der Waals surface area contributed by atoms with Crippen molar-refractivity contribution in [2.24, 2.45) is 0 Å². The fraction of sp³-hybridized carbons (Fsp3) is 0.510. The van der Waals surface area contributed by atoms with Gasteiger partial charge in [-0.15, -0.1) is 11.3 Å². The highest BCUT2D eigenvalue weighted by atomic mass is 32.1. The van der Waals surface area contributed by atoms with Crippen LogP contribution in [0.3, 0.4) is 0 Å². The summed E-state index contributed by atoms with van der Waals surface area (Å²) < 4.78 is 48.4. The molecular weight excluding hydrogens is 869 g/mol. The average molecular weight is 928 g/mol. The average Bonchev–Trinajstić information content (AvgIpc) is 3.56. The Balaban J connectivity index is 0.949. The highest BCUT2D eigenvalue weighted by molar-refractivity contribution is 7.57.